The minimum Gasteiger partial charge on any atom is -0.300 e. The molecule has 0 N–H and O–H groups in total. The molecule has 0 aliphatic carbocycles. The van der Waals surface area contributed by atoms with Crippen molar-refractivity contribution < 1.29 is 4.79 Å². The van der Waals surface area contributed by atoms with Crippen molar-refractivity contribution in [3.05, 3.63) is 35.4 Å². The van der Waals surface area contributed by atoms with Gasteiger partial charge >= 0.3 is 0 Å². The zero-order valence-electron chi connectivity index (χ0n) is 7.79. The van der Waals surface area contributed by atoms with E-state index in [4.69, 9.17) is 0 Å². The Labute approximate surface area is 75.0 Å². The highest BCUT2D eigenvalue weighted by molar-refractivity contribution is 6.90. The lowest BCUT2D eigenvalue weighted by atomic mass is 10.2. The highest BCUT2D eigenvalue weighted by Crippen LogP contribution is 2.05. The second kappa shape index (κ2) is 3.67. The van der Waals surface area contributed by atoms with E-state index in [1.54, 1.807) is 0 Å². The maximum atomic E-state index is 11.5. The van der Waals surface area contributed by atoms with Gasteiger partial charge in [-0.3, -0.25) is 0 Å². The van der Waals surface area contributed by atoms with E-state index >= 15 is 0 Å². The number of carbonyl (C=O) groups is 1. The molecule has 0 saturated heterocycles. The maximum Gasteiger partial charge on any atom is 0.136 e. The Hall–Kier alpha value is -0.893. The molecule has 0 aliphatic rings. The van der Waals surface area contributed by atoms with Crippen LogP contribution in [0.4, 0.5) is 0 Å². The Balaban J connectivity index is 2.90. The molecule has 0 unspecified atom stereocenters. The van der Waals surface area contributed by atoms with Gasteiger partial charge in [-0.2, -0.15) is 0 Å². The predicted molar refractivity (Wildman–Crippen MR) is 54.4 cm³/mol. The first-order chi connectivity index (χ1) is 5.61. The van der Waals surface area contributed by atoms with Gasteiger partial charge in [-0.25, -0.2) is 0 Å². The van der Waals surface area contributed by atoms with Crippen LogP contribution < -0.4 is 0 Å². The topological polar surface area (TPSA) is 17.1 Å². The number of carbonyl (C=O) groups excluding carboxylic acids is 1. The average Bonchev–Trinajstić information content (AvgIpc) is 2.04. The largest absolute Gasteiger partial charge is 0.300 e. The molecule has 0 radical (unpaired) electrons. The number of hydrogen-bond acceptors (Lipinski definition) is 1. The molecule has 0 heterocycles. The van der Waals surface area contributed by atoms with Crippen LogP contribution in [0.15, 0.2) is 24.3 Å². The van der Waals surface area contributed by atoms with Gasteiger partial charge in [0.2, 0.25) is 0 Å². The maximum absolute atomic E-state index is 11.5. The number of rotatable bonds is 2. The van der Waals surface area contributed by atoms with Gasteiger partial charge in [0.1, 0.15) is 14.2 Å². The third kappa shape index (κ3) is 2.05. The van der Waals surface area contributed by atoms with Crippen molar-refractivity contribution in [3.63, 3.8) is 0 Å². The Morgan fingerprint density at radius 1 is 1.17 bits per heavy atom. The Kier molecular flexibility index (Phi) is 2.81. The number of benzene rings is 1. The minimum atomic E-state index is -1.15. The summed E-state index contributed by atoms with van der Waals surface area (Å²) >= 11 is 0. The molecule has 1 rings (SSSR count). The number of hydrogen-bond donors (Lipinski definition) is 0. The smallest absolute Gasteiger partial charge is 0.136 e. The van der Waals surface area contributed by atoms with Gasteiger partial charge in [0.15, 0.2) is 0 Å². The molecule has 0 bridgehead atoms. The Morgan fingerprint density at radius 3 is 2.08 bits per heavy atom. The van der Waals surface area contributed by atoms with E-state index in [0.29, 0.717) is 5.41 Å². The fourth-order valence-corrected chi connectivity index (χ4v) is 1.91. The van der Waals surface area contributed by atoms with Gasteiger partial charge in [0, 0.05) is 5.56 Å². The monoisotopic (exact) mass is 178 g/mol. The van der Waals surface area contributed by atoms with Crippen LogP contribution in [-0.4, -0.2) is 14.2 Å². The van der Waals surface area contributed by atoms with Crippen LogP contribution in [0.2, 0.25) is 13.1 Å². The zero-order valence-corrected chi connectivity index (χ0v) is 8.95. The summed E-state index contributed by atoms with van der Waals surface area (Å²) in [6.07, 6.45) is 0. The van der Waals surface area contributed by atoms with Crippen LogP contribution in [0.3, 0.4) is 0 Å². The van der Waals surface area contributed by atoms with E-state index in [2.05, 4.69) is 13.1 Å². The molecule has 0 aliphatic heterocycles. The molecule has 0 fully saturated rings. The zero-order chi connectivity index (χ0) is 9.14. The van der Waals surface area contributed by atoms with Gasteiger partial charge in [0.05, 0.1) is 0 Å². The molecule has 64 valence electrons. The summed E-state index contributed by atoms with van der Waals surface area (Å²) in [5.74, 6) is 0. The van der Waals surface area contributed by atoms with Crippen molar-refractivity contribution in [2.24, 2.45) is 0 Å². The molecule has 0 atom stereocenters. The molecule has 0 saturated carbocycles. The summed E-state index contributed by atoms with van der Waals surface area (Å²) in [6.45, 7) is 6.14. The van der Waals surface area contributed by atoms with Gasteiger partial charge in [-0.05, 0) is 6.92 Å². The summed E-state index contributed by atoms with van der Waals surface area (Å²) < 4.78 is 0. The number of aryl methyl sites for hydroxylation is 1. The second-order valence-electron chi connectivity index (χ2n) is 3.38. The second-order valence-corrected chi connectivity index (χ2v) is 6.22. The van der Waals surface area contributed by atoms with E-state index in [9.17, 15) is 4.79 Å². The molecular weight excluding hydrogens is 164 g/mol. The van der Waals surface area contributed by atoms with Crippen LogP contribution in [-0.2, 0) is 0 Å². The van der Waals surface area contributed by atoms with Gasteiger partial charge in [0.25, 0.3) is 0 Å². The van der Waals surface area contributed by atoms with Crippen molar-refractivity contribution in [1.82, 2.24) is 0 Å². The third-order valence-corrected chi connectivity index (χ3v) is 3.24. The fourth-order valence-electron chi connectivity index (χ4n) is 1.05. The van der Waals surface area contributed by atoms with Crippen LogP contribution in [0.25, 0.3) is 0 Å². The molecule has 1 nitrogen and oxygen atoms in total. The van der Waals surface area contributed by atoms with Crippen LogP contribution in [0, 0.1) is 6.92 Å². The lowest BCUT2D eigenvalue weighted by Crippen LogP contribution is -2.17. The van der Waals surface area contributed by atoms with E-state index in [1.807, 2.05) is 31.2 Å². The fraction of sp³-hybridized carbons (Fsp3) is 0.300. The Bertz CT molecular complexity index is 274. The standard InChI is InChI=1S/C10H14OSi/c1-8-4-6-9(7-5-8)10(11)12(2)3/h4-7,12H,1-3H3. The molecule has 1 aromatic rings. The van der Waals surface area contributed by atoms with E-state index in [-0.39, 0.29) is 0 Å². The van der Waals surface area contributed by atoms with E-state index in [0.717, 1.165) is 5.56 Å². The highest BCUT2D eigenvalue weighted by atomic mass is 28.3. The third-order valence-electron chi connectivity index (χ3n) is 1.86. The molecule has 1 aromatic carbocycles. The van der Waals surface area contributed by atoms with Crippen molar-refractivity contribution in [2.75, 3.05) is 0 Å². The molecule has 0 spiro atoms. The summed E-state index contributed by atoms with van der Waals surface area (Å²) in [4.78, 5) is 11.5. The van der Waals surface area contributed by atoms with Gasteiger partial charge in [-0.1, -0.05) is 42.9 Å². The summed E-state index contributed by atoms with van der Waals surface area (Å²) in [7, 11) is -1.15. The molecule has 0 amide bonds. The Morgan fingerprint density at radius 2 is 1.67 bits per heavy atom. The SMILES string of the molecule is Cc1ccc(C(=O)[SiH](C)C)cc1. The molecule has 12 heavy (non-hydrogen) atoms. The molecule has 0 aromatic heterocycles. The first-order valence-corrected chi connectivity index (χ1v) is 7.11. The van der Waals surface area contributed by atoms with Gasteiger partial charge < -0.3 is 4.79 Å². The summed E-state index contributed by atoms with van der Waals surface area (Å²) in [6, 6.07) is 7.82. The highest BCUT2D eigenvalue weighted by Gasteiger charge is 2.10. The summed E-state index contributed by atoms with van der Waals surface area (Å²) in [5.41, 5.74) is 2.08. The minimum absolute atomic E-state index is 0.356. The summed E-state index contributed by atoms with van der Waals surface area (Å²) in [5, 5.41) is 0.356. The van der Waals surface area contributed by atoms with Crippen LogP contribution in [0.1, 0.15) is 15.9 Å². The van der Waals surface area contributed by atoms with Crippen molar-refractivity contribution in [3.8, 4) is 0 Å². The lowest BCUT2D eigenvalue weighted by molar-refractivity contribution is 0.107. The average molecular weight is 178 g/mol. The van der Waals surface area contributed by atoms with Gasteiger partial charge in [-0.15, -0.1) is 0 Å². The molecular formula is C10H14OSi. The van der Waals surface area contributed by atoms with Crippen LogP contribution >= 0.6 is 0 Å². The molecule has 2 heteroatoms. The first-order valence-electron chi connectivity index (χ1n) is 4.22. The van der Waals surface area contributed by atoms with Crippen molar-refractivity contribution in [2.45, 2.75) is 20.0 Å². The van der Waals surface area contributed by atoms with Crippen molar-refractivity contribution >= 4 is 14.2 Å². The van der Waals surface area contributed by atoms with Crippen LogP contribution in [0.5, 0.6) is 0 Å². The van der Waals surface area contributed by atoms with E-state index < -0.39 is 8.80 Å². The lowest BCUT2D eigenvalue weighted by Gasteiger charge is -2.02. The first kappa shape index (κ1) is 9.20. The quantitative estimate of drug-likeness (QED) is 0.635. The predicted octanol–water partition coefficient (Wildman–Crippen LogP) is 2.20. The van der Waals surface area contributed by atoms with E-state index in [1.165, 1.54) is 5.56 Å². The van der Waals surface area contributed by atoms with Crippen molar-refractivity contribution in [1.29, 1.82) is 0 Å². The normalized spacial score (nSPS) is 10.3.